The van der Waals surface area contributed by atoms with E-state index in [4.69, 9.17) is 33.7 Å². The molecule has 0 radical (unpaired) electrons. The largest absolute Gasteiger partial charge is 0.464 e. The summed E-state index contributed by atoms with van der Waals surface area (Å²) in [5.41, 5.74) is 5.98. The minimum Gasteiger partial charge on any atom is -0.464 e. The summed E-state index contributed by atoms with van der Waals surface area (Å²) in [7, 11) is -2.72. The van der Waals surface area contributed by atoms with Crippen LogP contribution in [0.4, 0.5) is 5.69 Å². The second kappa shape index (κ2) is 11.1. The molecule has 0 fully saturated rings. The highest BCUT2D eigenvalue weighted by molar-refractivity contribution is 7.89. The Morgan fingerprint density at radius 1 is 1.19 bits per heavy atom. The Bertz CT molecular complexity index is 1130. The molecule has 1 aromatic carbocycles. The van der Waals surface area contributed by atoms with Gasteiger partial charge in [0.1, 0.15) is 11.0 Å². The molecule has 1 aromatic heterocycles. The smallest absolute Gasteiger partial charge is 0.357 e. The van der Waals surface area contributed by atoms with Gasteiger partial charge in [0.2, 0.25) is 10.0 Å². The van der Waals surface area contributed by atoms with Crippen molar-refractivity contribution in [2.24, 2.45) is 0 Å². The van der Waals surface area contributed by atoms with Crippen LogP contribution in [0.15, 0.2) is 23.2 Å². The van der Waals surface area contributed by atoms with Gasteiger partial charge in [-0.25, -0.2) is 13.2 Å². The van der Waals surface area contributed by atoms with E-state index in [9.17, 15) is 18.5 Å². The van der Waals surface area contributed by atoms with Crippen molar-refractivity contribution < 1.29 is 17.9 Å². The number of anilines is 1. The molecule has 0 saturated heterocycles. The molecule has 0 aliphatic heterocycles. The first-order chi connectivity index (χ1) is 15.1. The van der Waals surface area contributed by atoms with E-state index < -0.39 is 16.0 Å². The summed E-state index contributed by atoms with van der Waals surface area (Å²) < 4.78 is 34.1. The van der Waals surface area contributed by atoms with Gasteiger partial charge in [0, 0.05) is 19.3 Å². The SMILES string of the molecule is CCCCN(CCCC)S(=O)(=O)c1cc(Cl)c(-n2cc(C#N)c(N)c2C(=O)OC)cc1Cl. The summed E-state index contributed by atoms with van der Waals surface area (Å²) in [4.78, 5) is 12.1. The van der Waals surface area contributed by atoms with Gasteiger partial charge in [-0.3, -0.25) is 0 Å². The van der Waals surface area contributed by atoms with Crippen molar-refractivity contribution >= 4 is 44.9 Å². The minimum atomic E-state index is -3.90. The van der Waals surface area contributed by atoms with Gasteiger partial charge < -0.3 is 15.0 Å². The maximum atomic E-state index is 13.3. The van der Waals surface area contributed by atoms with Crippen LogP contribution in [0.5, 0.6) is 0 Å². The topological polar surface area (TPSA) is 118 Å². The zero-order valence-corrected chi connectivity index (χ0v) is 20.5. The Morgan fingerprint density at radius 2 is 1.78 bits per heavy atom. The normalized spacial score (nSPS) is 11.5. The van der Waals surface area contributed by atoms with Gasteiger partial charge in [0.25, 0.3) is 0 Å². The van der Waals surface area contributed by atoms with Crippen molar-refractivity contribution in [1.82, 2.24) is 8.87 Å². The highest BCUT2D eigenvalue weighted by atomic mass is 35.5. The first-order valence-corrected chi connectivity index (χ1v) is 12.3. The molecule has 1 heterocycles. The summed E-state index contributed by atoms with van der Waals surface area (Å²) in [6.45, 7) is 4.72. The number of rotatable bonds is 10. The quantitative estimate of drug-likeness (QED) is 0.475. The number of nitrogen functional groups attached to an aromatic ring is 1. The van der Waals surface area contributed by atoms with Crippen LogP contribution in [0, 0.1) is 11.3 Å². The van der Waals surface area contributed by atoms with Crippen LogP contribution in [0.1, 0.15) is 55.6 Å². The van der Waals surface area contributed by atoms with E-state index in [0.29, 0.717) is 25.9 Å². The Morgan fingerprint density at radius 3 is 2.28 bits per heavy atom. The first-order valence-electron chi connectivity index (χ1n) is 10.1. The molecule has 0 aliphatic carbocycles. The van der Waals surface area contributed by atoms with Gasteiger partial charge in [0.15, 0.2) is 5.69 Å². The minimum absolute atomic E-state index is 0.0172. The lowest BCUT2D eigenvalue weighted by Gasteiger charge is -2.23. The molecule has 0 saturated carbocycles. The van der Waals surface area contributed by atoms with E-state index >= 15 is 0 Å². The summed E-state index contributed by atoms with van der Waals surface area (Å²) in [5, 5.41) is 9.25. The molecule has 0 amide bonds. The van der Waals surface area contributed by atoms with E-state index in [1.807, 2.05) is 19.9 Å². The number of hydrogen-bond donors (Lipinski definition) is 1. The number of nitriles is 1. The van der Waals surface area contributed by atoms with Crippen LogP contribution < -0.4 is 5.73 Å². The van der Waals surface area contributed by atoms with Crippen molar-refractivity contribution in [3.8, 4) is 11.8 Å². The van der Waals surface area contributed by atoms with E-state index in [-0.39, 0.29) is 37.6 Å². The molecule has 0 bridgehead atoms. The monoisotopic (exact) mass is 500 g/mol. The molecular formula is C21H26Cl2N4O4S. The average Bonchev–Trinajstić information content (AvgIpc) is 3.10. The molecule has 11 heteroatoms. The number of sulfonamides is 1. The molecule has 0 unspecified atom stereocenters. The number of carbonyl (C=O) groups excluding carboxylic acids is 1. The van der Waals surface area contributed by atoms with Gasteiger partial charge in [0.05, 0.1) is 34.1 Å². The number of aromatic nitrogens is 1. The molecule has 0 spiro atoms. The van der Waals surface area contributed by atoms with Crippen LogP contribution in [0.25, 0.3) is 5.69 Å². The third-order valence-electron chi connectivity index (χ3n) is 4.94. The van der Waals surface area contributed by atoms with Crippen LogP contribution in [0.3, 0.4) is 0 Å². The number of benzene rings is 1. The third kappa shape index (κ3) is 5.21. The molecule has 8 nitrogen and oxygen atoms in total. The Labute approximate surface area is 198 Å². The maximum absolute atomic E-state index is 13.3. The van der Waals surface area contributed by atoms with Crippen molar-refractivity contribution in [1.29, 1.82) is 5.26 Å². The van der Waals surface area contributed by atoms with Crippen LogP contribution in [-0.2, 0) is 14.8 Å². The lowest BCUT2D eigenvalue weighted by atomic mass is 10.2. The molecule has 0 atom stereocenters. The number of nitrogens with two attached hydrogens (primary N) is 1. The second-order valence-electron chi connectivity index (χ2n) is 7.12. The fraction of sp³-hybridized carbons (Fsp3) is 0.429. The number of hydrogen-bond acceptors (Lipinski definition) is 6. The molecule has 2 rings (SSSR count). The van der Waals surface area contributed by atoms with Gasteiger partial charge in [-0.05, 0) is 25.0 Å². The molecule has 0 aliphatic rings. The number of carbonyl (C=O) groups is 1. The Kier molecular flexibility index (Phi) is 8.98. The molecule has 2 N–H and O–H groups in total. The highest BCUT2D eigenvalue weighted by Gasteiger charge is 2.29. The van der Waals surface area contributed by atoms with Crippen molar-refractivity contribution in [2.45, 2.75) is 44.4 Å². The number of methoxy groups -OCH3 is 1. The van der Waals surface area contributed by atoms with Crippen LogP contribution in [0.2, 0.25) is 10.0 Å². The van der Waals surface area contributed by atoms with Gasteiger partial charge >= 0.3 is 5.97 Å². The molecule has 32 heavy (non-hydrogen) atoms. The molecular weight excluding hydrogens is 475 g/mol. The lowest BCUT2D eigenvalue weighted by Crippen LogP contribution is -2.33. The standard InChI is InChI=1S/C21H26Cl2N4O4S/c1-4-6-8-26(9-7-5-2)32(29,30)18-11-15(22)17(10-16(18)23)27-13-14(12-24)19(25)20(27)21(28)31-3/h10-11,13H,4-9,25H2,1-3H3. The molecule has 174 valence electrons. The third-order valence-corrected chi connectivity index (χ3v) is 7.61. The van der Waals surface area contributed by atoms with Crippen molar-refractivity contribution in [2.75, 3.05) is 25.9 Å². The predicted octanol–water partition coefficient (Wildman–Crippen LogP) is 4.62. The molecule has 2 aromatic rings. The average molecular weight is 501 g/mol. The number of nitrogens with zero attached hydrogens (tertiary/aromatic N) is 3. The highest BCUT2D eigenvalue weighted by Crippen LogP contribution is 2.35. The van der Waals surface area contributed by atoms with E-state index in [2.05, 4.69) is 0 Å². The summed E-state index contributed by atoms with van der Waals surface area (Å²) in [6.07, 6.45) is 4.45. The zero-order chi connectivity index (χ0) is 24.1. The van der Waals surface area contributed by atoms with Crippen LogP contribution in [-0.4, -0.2) is 43.5 Å². The Balaban J connectivity index is 2.63. The Hall–Kier alpha value is -2.25. The summed E-state index contributed by atoms with van der Waals surface area (Å²) in [6, 6.07) is 4.48. The maximum Gasteiger partial charge on any atom is 0.357 e. The lowest BCUT2D eigenvalue weighted by molar-refractivity contribution is 0.0593. The first kappa shape index (κ1) is 26.0. The van der Waals surface area contributed by atoms with Gasteiger partial charge in [-0.1, -0.05) is 49.9 Å². The number of ether oxygens (including phenoxy) is 1. The zero-order valence-electron chi connectivity index (χ0n) is 18.2. The number of halogens is 2. The second-order valence-corrected chi connectivity index (χ2v) is 9.84. The van der Waals surface area contributed by atoms with E-state index in [1.54, 1.807) is 0 Å². The van der Waals surface area contributed by atoms with Crippen molar-refractivity contribution in [3.05, 3.63) is 39.6 Å². The van der Waals surface area contributed by atoms with Crippen LogP contribution >= 0.6 is 23.2 Å². The number of esters is 1. The number of unbranched alkanes of at least 4 members (excludes halogenated alkanes) is 2. The van der Waals surface area contributed by atoms with Crippen molar-refractivity contribution in [3.63, 3.8) is 0 Å². The fourth-order valence-electron chi connectivity index (χ4n) is 3.17. The fourth-order valence-corrected chi connectivity index (χ4v) is 5.52. The summed E-state index contributed by atoms with van der Waals surface area (Å²) >= 11 is 12.8. The van der Waals surface area contributed by atoms with Gasteiger partial charge in [-0.15, -0.1) is 0 Å². The predicted molar refractivity (Wildman–Crippen MR) is 125 cm³/mol. The van der Waals surface area contributed by atoms with E-state index in [1.165, 1.54) is 34.3 Å². The van der Waals surface area contributed by atoms with Gasteiger partial charge in [-0.2, -0.15) is 9.57 Å². The van der Waals surface area contributed by atoms with E-state index in [0.717, 1.165) is 12.8 Å². The summed E-state index contributed by atoms with van der Waals surface area (Å²) in [5.74, 6) is -0.779.